The zero-order valence-corrected chi connectivity index (χ0v) is 24.0. The molecule has 4 aromatic rings. The van der Waals surface area contributed by atoms with E-state index in [2.05, 4.69) is 76.9 Å². The minimum atomic E-state index is -4.54. The second kappa shape index (κ2) is 11.3. The number of alkyl halides is 3. The maximum absolute atomic E-state index is 13.6. The van der Waals surface area contributed by atoms with Gasteiger partial charge in [-0.05, 0) is 67.1 Å². The van der Waals surface area contributed by atoms with Crippen LogP contribution in [0.4, 0.5) is 24.7 Å². The van der Waals surface area contributed by atoms with Gasteiger partial charge in [-0.3, -0.25) is 9.88 Å². The van der Waals surface area contributed by atoms with Gasteiger partial charge in [0.1, 0.15) is 11.8 Å². The Balaban J connectivity index is 1.43. The van der Waals surface area contributed by atoms with Crippen molar-refractivity contribution < 1.29 is 17.9 Å². The summed E-state index contributed by atoms with van der Waals surface area (Å²) in [6.45, 7) is 13.6. The molecule has 41 heavy (non-hydrogen) atoms. The first kappa shape index (κ1) is 28.9. The molecule has 216 valence electrons. The highest BCUT2D eigenvalue weighted by Crippen LogP contribution is 2.36. The number of hydrogen-bond acceptors (Lipinski definition) is 7. The van der Waals surface area contributed by atoms with Crippen molar-refractivity contribution in [3.63, 3.8) is 0 Å². The van der Waals surface area contributed by atoms with Gasteiger partial charge in [0.05, 0.1) is 29.0 Å². The molecule has 0 saturated carbocycles. The lowest BCUT2D eigenvalue weighted by atomic mass is 9.82. The normalized spacial score (nSPS) is 18.5. The average Bonchev–Trinajstić information content (AvgIpc) is 2.90. The molecule has 0 bridgehead atoms. The second-order valence-corrected chi connectivity index (χ2v) is 11.7. The lowest BCUT2D eigenvalue weighted by Crippen LogP contribution is -2.46. The van der Waals surface area contributed by atoms with Crippen LogP contribution in [0.1, 0.15) is 51.3 Å². The molecule has 1 aliphatic rings. The molecule has 0 aliphatic carbocycles. The summed E-state index contributed by atoms with van der Waals surface area (Å²) in [6, 6.07) is 10.2. The van der Waals surface area contributed by atoms with E-state index in [-0.39, 0.29) is 28.9 Å². The first-order valence-corrected chi connectivity index (χ1v) is 13.8. The first-order valence-electron chi connectivity index (χ1n) is 13.8. The zero-order chi connectivity index (χ0) is 29.4. The Morgan fingerprint density at radius 3 is 2.41 bits per heavy atom. The Labute approximate surface area is 238 Å². The van der Waals surface area contributed by atoms with Gasteiger partial charge in [0, 0.05) is 43.3 Å². The number of benzene rings is 1. The Morgan fingerprint density at radius 1 is 0.951 bits per heavy atom. The molecule has 1 fully saturated rings. The van der Waals surface area contributed by atoms with Crippen molar-refractivity contribution in [2.45, 2.75) is 64.8 Å². The van der Waals surface area contributed by atoms with Gasteiger partial charge in [-0.1, -0.05) is 26.8 Å². The molecule has 2 unspecified atom stereocenters. The predicted molar refractivity (Wildman–Crippen MR) is 154 cm³/mol. The summed E-state index contributed by atoms with van der Waals surface area (Å²) in [5.74, 6) is 0.476. The largest absolute Gasteiger partial charge is 0.418 e. The van der Waals surface area contributed by atoms with Crippen LogP contribution in [-0.4, -0.2) is 56.7 Å². The average molecular weight is 565 g/mol. The number of aromatic nitrogens is 4. The first-order chi connectivity index (χ1) is 19.4. The fourth-order valence-corrected chi connectivity index (χ4v) is 5.52. The van der Waals surface area contributed by atoms with Crippen molar-refractivity contribution in [3.05, 3.63) is 71.8 Å². The standard InChI is InChI=1S/C31H35F3N6O/c1-19-16-40(17-20(2)41-19)12-10-21-13-23(8-9-24(21)30(3,4)5)39-29-28-26(37-18-38-29)14-22(15-36-28)27-25(31(32,33)34)7-6-11-35-27/h6-9,11,13-15,18-20H,10,12,16-17H2,1-5H3,(H,37,38,39). The number of ether oxygens (including phenoxy) is 1. The van der Waals surface area contributed by atoms with E-state index in [4.69, 9.17) is 4.74 Å². The zero-order valence-electron chi connectivity index (χ0n) is 24.0. The van der Waals surface area contributed by atoms with E-state index in [9.17, 15) is 13.2 Å². The van der Waals surface area contributed by atoms with Crippen LogP contribution < -0.4 is 5.32 Å². The highest BCUT2D eigenvalue weighted by molar-refractivity contribution is 5.89. The van der Waals surface area contributed by atoms with E-state index in [0.717, 1.165) is 37.8 Å². The summed E-state index contributed by atoms with van der Waals surface area (Å²) in [5.41, 5.74) is 3.46. The summed E-state index contributed by atoms with van der Waals surface area (Å²) in [7, 11) is 0. The maximum atomic E-state index is 13.6. The van der Waals surface area contributed by atoms with Crippen LogP contribution in [0.25, 0.3) is 22.3 Å². The molecule has 1 saturated heterocycles. The Kier molecular flexibility index (Phi) is 7.98. The van der Waals surface area contributed by atoms with E-state index in [0.29, 0.717) is 16.9 Å². The third kappa shape index (κ3) is 6.65. The maximum Gasteiger partial charge on any atom is 0.418 e. The number of nitrogens with one attached hydrogen (secondary N) is 1. The highest BCUT2D eigenvalue weighted by atomic mass is 19.4. The van der Waals surface area contributed by atoms with E-state index < -0.39 is 11.7 Å². The van der Waals surface area contributed by atoms with Crippen LogP contribution in [-0.2, 0) is 22.7 Å². The van der Waals surface area contributed by atoms with E-state index in [1.54, 1.807) is 6.07 Å². The molecular weight excluding hydrogens is 529 g/mol. The summed E-state index contributed by atoms with van der Waals surface area (Å²) in [4.78, 5) is 19.6. The van der Waals surface area contributed by atoms with Gasteiger partial charge in [0.15, 0.2) is 5.82 Å². The molecule has 1 N–H and O–H groups in total. The molecule has 0 spiro atoms. The van der Waals surface area contributed by atoms with Gasteiger partial charge in [0.25, 0.3) is 0 Å². The molecule has 4 heterocycles. The number of hydrogen-bond donors (Lipinski definition) is 1. The summed E-state index contributed by atoms with van der Waals surface area (Å²) in [6.07, 6.45) is 0.875. The molecule has 3 aromatic heterocycles. The molecule has 10 heteroatoms. The molecule has 1 aromatic carbocycles. The number of fused-ring (bicyclic) bond motifs is 1. The number of halogens is 3. The van der Waals surface area contributed by atoms with Crippen LogP contribution in [0.15, 0.2) is 55.1 Å². The van der Waals surface area contributed by atoms with Crippen molar-refractivity contribution in [3.8, 4) is 11.3 Å². The Hall–Kier alpha value is -3.63. The van der Waals surface area contributed by atoms with E-state index in [1.807, 2.05) is 6.07 Å². The van der Waals surface area contributed by atoms with Gasteiger partial charge in [-0.15, -0.1) is 0 Å². The van der Waals surface area contributed by atoms with Crippen molar-refractivity contribution in [2.75, 3.05) is 25.0 Å². The van der Waals surface area contributed by atoms with Crippen molar-refractivity contribution in [1.82, 2.24) is 24.8 Å². The Morgan fingerprint density at radius 2 is 1.71 bits per heavy atom. The van der Waals surface area contributed by atoms with Crippen molar-refractivity contribution >= 4 is 22.5 Å². The number of anilines is 2. The quantitative estimate of drug-likeness (QED) is 0.276. The fourth-order valence-electron chi connectivity index (χ4n) is 5.52. The molecule has 0 radical (unpaired) electrons. The predicted octanol–water partition coefficient (Wildman–Crippen LogP) is 6.80. The van der Waals surface area contributed by atoms with Gasteiger partial charge in [-0.25, -0.2) is 15.0 Å². The third-order valence-corrected chi connectivity index (χ3v) is 7.23. The SMILES string of the molecule is CC1CN(CCc2cc(Nc3ncnc4cc(-c5ncccc5C(F)(F)F)cnc34)ccc2C(C)(C)C)CC(C)O1. The van der Waals surface area contributed by atoms with Gasteiger partial charge in [0.2, 0.25) is 0 Å². The van der Waals surface area contributed by atoms with Crippen LogP contribution in [0.3, 0.4) is 0 Å². The minimum Gasteiger partial charge on any atom is -0.373 e. The molecular formula is C31H35F3N6O. The van der Waals surface area contributed by atoms with E-state index >= 15 is 0 Å². The molecule has 2 atom stereocenters. The summed E-state index contributed by atoms with van der Waals surface area (Å²) in [5, 5.41) is 3.37. The van der Waals surface area contributed by atoms with Crippen molar-refractivity contribution in [1.29, 1.82) is 0 Å². The molecule has 5 rings (SSSR count). The molecule has 0 amide bonds. The fraction of sp³-hybridized carbons (Fsp3) is 0.419. The van der Waals surface area contributed by atoms with E-state index in [1.165, 1.54) is 35.9 Å². The van der Waals surface area contributed by atoms with Crippen LogP contribution in [0, 0.1) is 0 Å². The van der Waals surface area contributed by atoms with Crippen LogP contribution in [0.5, 0.6) is 0 Å². The third-order valence-electron chi connectivity index (χ3n) is 7.23. The Bertz CT molecular complexity index is 1520. The second-order valence-electron chi connectivity index (χ2n) is 11.7. The molecule has 1 aliphatic heterocycles. The number of pyridine rings is 2. The minimum absolute atomic E-state index is 0.0280. The summed E-state index contributed by atoms with van der Waals surface area (Å²) < 4.78 is 46.6. The van der Waals surface area contributed by atoms with Crippen LogP contribution >= 0.6 is 0 Å². The van der Waals surface area contributed by atoms with Gasteiger partial charge in [-0.2, -0.15) is 13.2 Å². The molecule has 7 nitrogen and oxygen atoms in total. The lowest BCUT2D eigenvalue weighted by molar-refractivity contribution is -0.137. The smallest absolute Gasteiger partial charge is 0.373 e. The number of morpholine rings is 1. The van der Waals surface area contributed by atoms with Gasteiger partial charge < -0.3 is 10.1 Å². The summed E-state index contributed by atoms with van der Waals surface area (Å²) >= 11 is 0. The van der Waals surface area contributed by atoms with Crippen LogP contribution in [0.2, 0.25) is 0 Å². The topological polar surface area (TPSA) is 76.1 Å². The van der Waals surface area contributed by atoms with Gasteiger partial charge >= 0.3 is 6.18 Å². The van der Waals surface area contributed by atoms with Crippen molar-refractivity contribution in [2.24, 2.45) is 0 Å². The number of rotatable bonds is 6. The highest BCUT2D eigenvalue weighted by Gasteiger charge is 2.34. The monoisotopic (exact) mass is 564 g/mol. The lowest BCUT2D eigenvalue weighted by Gasteiger charge is -2.35. The number of nitrogens with zero attached hydrogens (tertiary/aromatic N) is 5.